The highest BCUT2D eigenvalue weighted by Crippen LogP contribution is 2.42. The van der Waals surface area contributed by atoms with E-state index in [1.165, 1.54) is 64.2 Å². The quantitative estimate of drug-likeness (QED) is 0.438. The predicted octanol–water partition coefficient (Wildman–Crippen LogP) is 5.94. The Balaban J connectivity index is 1.65. The number of hydrogen-bond acceptors (Lipinski definition) is 1. The first-order chi connectivity index (χ1) is 9.70. The molecule has 0 aliphatic heterocycles. The van der Waals surface area contributed by atoms with Crippen LogP contribution >= 0.6 is 11.6 Å². The van der Waals surface area contributed by atoms with E-state index < -0.39 is 0 Å². The van der Waals surface area contributed by atoms with Crippen LogP contribution in [0.4, 0.5) is 0 Å². The number of carbonyl (C=O) groups excluding carboxylic acids is 1. The number of carbonyl (C=O) groups is 1. The molecule has 2 heteroatoms. The Bertz CT molecular complexity index is 286. The smallest absolute Gasteiger partial charge is 0.224 e. The molecule has 0 aromatic heterocycles. The maximum atomic E-state index is 11.2. The summed E-state index contributed by atoms with van der Waals surface area (Å²) in [5.74, 6) is 3.01. The maximum absolute atomic E-state index is 11.2. The standard InChI is InChI=1S/C18H31ClO/c1-2-3-4-5-14-6-8-15(9-7-14)16-10-12-17(13-11-16)18(19)20/h14-17H,2-13H2,1H3/t14-,15-,16?,17?. The van der Waals surface area contributed by atoms with Crippen molar-refractivity contribution in [3.63, 3.8) is 0 Å². The van der Waals surface area contributed by atoms with Gasteiger partial charge in [0.25, 0.3) is 0 Å². The molecule has 0 atom stereocenters. The minimum atomic E-state index is -0.0944. The Hall–Kier alpha value is -0.0400. The fourth-order valence-electron chi connectivity index (χ4n) is 4.45. The second-order valence-electron chi connectivity index (χ2n) is 7.19. The molecule has 0 saturated heterocycles. The summed E-state index contributed by atoms with van der Waals surface area (Å²) in [5.41, 5.74) is 0. The SMILES string of the molecule is CCCCC[C@H]1CC[C@H](C2CCC(C(=O)Cl)CC2)CC1. The van der Waals surface area contributed by atoms with E-state index in [1.807, 2.05) is 0 Å². The van der Waals surface area contributed by atoms with E-state index in [2.05, 4.69) is 6.92 Å². The van der Waals surface area contributed by atoms with Crippen LogP contribution in [0.5, 0.6) is 0 Å². The van der Waals surface area contributed by atoms with Gasteiger partial charge in [-0.15, -0.1) is 0 Å². The lowest BCUT2D eigenvalue weighted by atomic mass is 9.69. The first-order valence-corrected chi connectivity index (χ1v) is 9.27. The fourth-order valence-corrected chi connectivity index (χ4v) is 4.67. The zero-order valence-electron chi connectivity index (χ0n) is 13.1. The molecular weight excluding hydrogens is 268 g/mol. The second-order valence-corrected chi connectivity index (χ2v) is 7.56. The van der Waals surface area contributed by atoms with Crippen molar-refractivity contribution in [3.05, 3.63) is 0 Å². The summed E-state index contributed by atoms with van der Waals surface area (Å²) < 4.78 is 0. The molecular formula is C18H31ClO. The lowest BCUT2D eigenvalue weighted by Gasteiger charge is -2.37. The van der Waals surface area contributed by atoms with E-state index in [0.717, 1.165) is 30.6 Å². The molecule has 0 bridgehead atoms. The molecule has 2 saturated carbocycles. The van der Waals surface area contributed by atoms with Crippen molar-refractivity contribution in [1.82, 2.24) is 0 Å². The van der Waals surface area contributed by atoms with Crippen molar-refractivity contribution in [2.75, 3.05) is 0 Å². The van der Waals surface area contributed by atoms with Crippen molar-refractivity contribution >= 4 is 16.8 Å². The van der Waals surface area contributed by atoms with Crippen molar-refractivity contribution in [2.45, 2.75) is 84.0 Å². The topological polar surface area (TPSA) is 17.1 Å². The Labute approximate surface area is 129 Å². The summed E-state index contributed by atoms with van der Waals surface area (Å²) in [6.45, 7) is 2.29. The monoisotopic (exact) mass is 298 g/mol. The number of hydrogen-bond donors (Lipinski definition) is 0. The minimum absolute atomic E-state index is 0.0944. The molecule has 0 amide bonds. The minimum Gasteiger partial charge on any atom is -0.281 e. The van der Waals surface area contributed by atoms with Gasteiger partial charge in [-0.2, -0.15) is 0 Å². The molecule has 0 aromatic rings. The van der Waals surface area contributed by atoms with Gasteiger partial charge in [-0.1, -0.05) is 45.4 Å². The molecule has 1 nitrogen and oxygen atoms in total. The van der Waals surface area contributed by atoms with Gasteiger partial charge in [0.1, 0.15) is 0 Å². The fraction of sp³-hybridized carbons (Fsp3) is 0.944. The van der Waals surface area contributed by atoms with Gasteiger partial charge in [-0.05, 0) is 67.9 Å². The third-order valence-corrected chi connectivity index (χ3v) is 6.18. The molecule has 0 N–H and O–H groups in total. The zero-order valence-corrected chi connectivity index (χ0v) is 13.8. The number of rotatable bonds is 6. The first-order valence-electron chi connectivity index (χ1n) is 8.90. The molecule has 116 valence electrons. The normalized spacial score (nSPS) is 34.9. The molecule has 2 rings (SSSR count). The Morgan fingerprint density at radius 2 is 1.45 bits per heavy atom. The molecule has 20 heavy (non-hydrogen) atoms. The first kappa shape index (κ1) is 16.3. The second kappa shape index (κ2) is 8.41. The van der Waals surface area contributed by atoms with Crippen molar-refractivity contribution in [2.24, 2.45) is 23.7 Å². The molecule has 2 aliphatic rings. The summed E-state index contributed by atoms with van der Waals surface area (Å²) in [6.07, 6.45) is 16.1. The van der Waals surface area contributed by atoms with Gasteiger partial charge >= 0.3 is 0 Å². The third kappa shape index (κ3) is 4.76. The Kier molecular flexibility index (Phi) is 6.87. The molecule has 0 heterocycles. The summed E-state index contributed by atoms with van der Waals surface area (Å²) in [5, 5.41) is -0.0944. The average molecular weight is 299 g/mol. The average Bonchev–Trinajstić information content (AvgIpc) is 2.48. The van der Waals surface area contributed by atoms with Crippen LogP contribution in [-0.2, 0) is 4.79 Å². The van der Waals surface area contributed by atoms with Gasteiger partial charge < -0.3 is 0 Å². The summed E-state index contributed by atoms with van der Waals surface area (Å²) in [6, 6.07) is 0. The molecule has 0 unspecified atom stereocenters. The number of halogens is 1. The van der Waals surface area contributed by atoms with E-state index in [1.54, 1.807) is 0 Å². The van der Waals surface area contributed by atoms with Crippen LogP contribution in [0, 0.1) is 23.7 Å². The Morgan fingerprint density at radius 1 is 0.900 bits per heavy atom. The molecule has 0 radical (unpaired) electrons. The summed E-state index contributed by atoms with van der Waals surface area (Å²) in [4.78, 5) is 11.2. The highest BCUT2D eigenvalue weighted by molar-refractivity contribution is 6.63. The van der Waals surface area contributed by atoms with Crippen LogP contribution in [0.3, 0.4) is 0 Å². The number of unbranched alkanes of at least 4 members (excludes halogenated alkanes) is 2. The molecule has 0 spiro atoms. The molecule has 2 fully saturated rings. The molecule has 0 aromatic carbocycles. The molecule has 2 aliphatic carbocycles. The van der Waals surface area contributed by atoms with Crippen LogP contribution in [0.25, 0.3) is 0 Å². The van der Waals surface area contributed by atoms with Crippen LogP contribution < -0.4 is 0 Å². The van der Waals surface area contributed by atoms with E-state index in [-0.39, 0.29) is 11.2 Å². The Morgan fingerprint density at radius 3 is 1.95 bits per heavy atom. The summed E-state index contributed by atoms with van der Waals surface area (Å²) >= 11 is 5.63. The van der Waals surface area contributed by atoms with Gasteiger partial charge in [0.05, 0.1) is 0 Å². The van der Waals surface area contributed by atoms with Crippen molar-refractivity contribution in [3.8, 4) is 0 Å². The zero-order chi connectivity index (χ0) is 14.4. The van der Waals surface area contributed by atoms with Crippen molar-refractivity contribution in [1.29, 1.82) is 0 Å². The van der Waals surface area contributed by atoms with Gasteiger partial charge in [-0.25, -0.2) is 0 Å². The van der Waals surface area contributed by atoms with Crippen LogP contribution in [0.1, 0.15) is 84.0 Å². The highest BCUT2D eigenvalue weighted by Gasteiger charge is 2.32. The highest BCUT2D eigenvalue weighted by atomic mass is 35.5. The van der Waals surface area contributed by atoms with Gasteiger partial charge in [0.15, 0.2) is 0 Å². The van der Waals surface area contributed by atoms with E-state index >= 15 is 0 Å². The summed E-state index contributed by atoms with van der Waals surface area (Å²) in [7, 11) is 0. The maximum Gasteiger partial charge on any atom is 0.224 e. The van der Waals surface area contributed by atoms with Gasteiger partial charge in [0.2, 0.25) is 5.24 Å². The van der Waals surface area contributed by atoms with Gasteiger partial charge in [0, 0.05) is 5.92 Å². The lowest BCUT2D eigenvalue weighted by Crippen LogP contribution is -2.27. The predicted molar refractivity (Wildman–Crippen MR) is 85.9 cm³/mol. The lowest BCUT2D eigenvalue weighted by molar-refractivity contribution is -0.116. The van der Waals surface area contributed by atoms with Crippen LogP contribution in [0.2, 0.25) is 0 Å². The van der Waals surface area contributed by atoms with Crippen molar-refractivity contribution < 1.29 is 4.79 Å². The van der Waals surface area contributed by atoms with E-state index in [9.17, 15) is 4.79 Å². The largest absolute Gasteiger partial charge is 0.281 e. The van der Waals surface area contributed by atoms with E-state index in [0.29, 0.717) is 0 Å². The van der Waals surface area contributed by atoms with Crippen LogP contribution in [-0.4, -0.2) is 5.24 Å². The van der Waals surface area contributed by atoms with E-state index in [4.69, 9.17) is 11.6 Å². The van der Waals surface area contributed by atoms with Crippen LogP contribution in [0.15, 0.2) is 0 Å². The third-order valence-electron chi connectivity index (χ3n) is 5.87. The van der Waals surface area contributed by atoms with Gasteiger partial charge in [-0.3, -0.25) is 4.79 Å².